The van der Waals surface area contributed by atoms with Crippen LogP contribution in [-0.4, -0.2) is 98.1 Å². The summed E-state index contributed by atoms with van der Waals surface area (Å²) in [6.07, 6.45) is 3.31. The molecule has 60 heavy (non-hydrogen) atoms. The number of hydrogen-bond acceptors (Lipinski definition) is 10. The van der Waals surface area contributed by atoms with Gasteiger partial charge in [-0.05, 0) is 89.3 Å². The molecule has 0 spiro atoms. The van der Waals surface area contributed by atoms with Crippen molar-refractivity contribution in [3.63, 3.8) is 0 Å². The molecule has 1 aliphatic carbocycles. The van der Waals surface area contributed by atoms with Crippen molar-refractivity contribution in [2.24, 2.45) is 17.3 Å². The second-order valence-electron chi connectivity index (χ2n) is 17.9. The molecule has 1 saturated carbocycles. The van der Waals surface area contributed by atoms with Gasteiger partial charge in [-0.1, -0.05) is 52.8 Å². The van der Waals surface area contributed by atoms with Crippen LogP contribution >= 0.6 is 0 Å². The number of ether oxygens (including phenoxy) is 3. The monoisotopic (exact) mass is 818 g/mol. The summed E-state index contributed by atoms with van der Waals surface area (Å²) in [5, 5.41) is 17.9. The number of aromatic amines is 2. The summed E-state index contributed by atoms with van der Waals surface area (Å²) >= 11 is 0. The molecule has 15 heteroatoms. The number of aliphatic hydroxyl groups excluding tert-OH is 1. The Balaban J connectivity index is 0.969. The number of carbonyl (C=O) groups is 3. The Bertz CT molecular complexity index is 2500. The summed E-state index contributed by atoms with van der Waals surface area (Å²) in [7, 11) is 2.69. The molecule has 3 aliphatic heterocycles. The number of likely N-dealkylation sites (tertiary alicyclic amines) is 2. The highest BCUT2D eigenvalue weighted by Gasteiger charge is 2.64. The number of fused-ring (bicyclic) bond motifs is 7. The number of alkyl carbamates (subject to hydrolysis) is 1. The summed E-state index contributed by atoms with van der Waals surface area (Å²) in [5.41, 5.74) is 6.71. The molecule has 5 aromatic rings. The Hall–Kier alpha value is -5.51. The molecule has 9 rings (SSSR count). The molecule has 5 N–H and O–H groups in total. The highest BCUT2D eigenvalue weighted by molar-refractivity contribution is 6.07. The van der Waals surface area contributed by atoms with Gasteiger partial charge in [0, 0.05) is 30.6 Å². The standard InChI is InChI=1S/C45H54N8O7/c1-22(2)36(50-43(56)58-6)41(54)52-14-8-9-32(52)39-46-20-31(48-39)25-10-12-27-26(15-25)21-60-34-17-28-24(16-29(27)34)11-13-30-38(28)49-40(47-30)33-18-45(5)19-35(45)53(33)42(55)37(23(3)4)51-44(57)59-7/h10-13,15-17,20,22-23,32-33,35-37,44,51,57H,8-9,14,18-19,21H2,1-7H3,(H,46,48)(H,47,49)(H,50,56)/t32-,33-,35+,36-,37-,44?,45?/m0/s1. The fourth-order valence-electron chi connectivity index (χ4n) is 9.74. The van der Waals surface area contributed by atoms with Crippen LogP contribution in [0.3, 0.4) is 0 Å². The number of aromatic nitrogens is 4. The smallest absolute Gasteiger partial charge is 0.407 e. The number of methoxy groups -OCH3 is 2. The molecule has 3 aromatic carbocycles. The Labute approximate surface area is 348 Å². The second kappa shape index (κ2) is 15.2. The molecule has 15 nitrogen and oxygen atoms in total. The minimum absolute atomic E-state index is 0.0309. The first kappa shape index (κ1) is 39.9. The molecule has 4 aliphatic rings. The van der Waals surface area contributed by atoms with Gasteiger partial charge < -0.3 is 44.4 Å². The summed E-state index contributed by atoms with van der Waals surface area (Å²) in [5.74, 6) is 1.87. The fraction of sp³-hybridized carbons (Fsp3) is 0.489. The Morgan fingerprint density at radius 2 is 1.75 bits per heavy atom. The van der Waals surface area contributed by atoms with Crippen molar-refractivity contribution in [3.05, 3.63) is 65.9 Å². The fourth-order valence-corrected chi connectivity index (χ4v) is 9.74. The van der Waals surface area contributed by atoms with Gasteiger partial charge in [0.2, 0.25) is 18.2 Å². The van der Waals surface area contributed by atoms with Crippen LogP contribution in [-0.2, 0) is 25.7 Å². The lowest BCUT2D eigenvalue weighted by atomic mass is 9.92. The van der Waals surface area contributed by atoms with E-state index in [0.717, 1.165) is 87.0 Å². The van der Waals surface area contributed by atoms with Gasteiger partial charge in [-0.15, -0.1) is 0 Å². The number of piperidine rings is 1. The number of benzene rings is 3. The maximum absolute atomic E-state index is 14.2. The van der Waals surface area contributed by atoms with E-state index in [4.69, 9.17) is 24.2 Å². The topological polar surface area (TPSA) is 187 Å². The van der Waals surface area contributed by atoms with Gasteiger partial charge in [0.25, 0.3) is 0 Å². The van der Waals surface area contributed by atoms with Crippen molar-refractivity contribution >= 4 is 39.7 Å². The van der Waals surface area contributed by atoms with Gasteiger partial charge >= 0.3 is 6.09 Å². The Kier molecular flexibility index (Phi) is 10.1. The second-order valence-corrected chi connectivity index (χ2v) is 17.9. The zero-order chi connectivity index (χ0) is 42.2. The summed E-state index contributed by atoms with van der Waals surface area (Å²) < 4.78 is 16.3. The lowest BCUT2D eigenvalue weighted by Crippen LogP contribution is -2.53. The van der Waals surface area contributed by atoms with Crippen LogP contribution < -0.4 is 15.4 Å². The maximum Gasteiger partial charge on any atom is 0.407 e. The maximum atomic E-state index is 14.2. The molecule has 0 radical (unpaired) electrons. The Morgan fingerprint density at radius 1 is 0.950 bits per heavy atom. The van der Waals surface area contributed by atoms with E-state index in [2.05, 4.69) is 70.0 Å². The predicted octanol–water partition coefficient (Wildman–Crippen LogP) is 6.30. The molecule has 316 valence electrons. The van der Waals surface area contributed by atoms with Crippen LogP contribution in [0, 0.1) is 17.3 Å². The van der Waals surface area contributed by atoms with Crippen molar-refractivity contribution < 1.29 is 33.7 Å². The van der Waals surface area contributed by atoms with E-state index in [0.29, 0.717) is 19.0 Å². The third-order valence-electron chi connectivity index (χ3n) is 13.2. The molecule has 0 bridgehead atoms. The SMILES string of the molecule is COC(=O)N[C@H](C(=O)N1CCC[C@H]1c1ncc(-c2ccc3c(c2)COc2cc4c(ccc5[nH]c([C@@H]6CC7(C)C[C@H]7N6C(=O)[C@@H](NC(O)OC)C(C)C)nc54)cc2-3)[nH]1)C(C)C. The molecular weight excluding hydrogens is 765 g/mol. The van der Waals surface area contributed by atoms with Gasteiger partial charge in [0.05, 0.1) is 48.2 Å². The number of H-pyrrole nitrogens is 2. The zero-order valence-corrected chi connectivity index (χ0v) is 35.2. The number of hydrogen-bond donors (Lipinski definition) is 5. The van der Waals surface area contributed by atoms with Gasteiger partial charge in [-0.3, -0.25) is 14.9 Å². The van der Waals surface area contributed by atoms with Crippen LogP contribution in [0.4, 0.5) is 4.79 Å². The zero-order valence-electron chi connectivity index (χ0n) is 35.2. The van der Waals surface area contributed by atoms with Crippen molar-refractivity contribution in [2.75, 3.05) is 20.8 Å². The van der Waals surface area contributed by atoms with E-state index in [-0.39, 0.29) is 47.2 Å². The van der Waals surface area contributed by atoms with Crippen molar-refractivity contribution in [3.8, 4) is 28.1 Å². The van der Waals surface area contributed by atoms with Gasteiger partial charge in [0.1, 0.15) is 30.0 Å². The number of carbonyl (C=O) groups excluding carboxylic acids is 3. The Morgan fingerprint density at radius 3 is 2.50 bits per heavy atom. The first-order chi connectivity index (χ1) is 28.8. The van der Waals surface area contributed by atoms with E-state index < -0.39 is 24.6 Å². The molecule has 3 amide bonds. The molecule has 2 unspecified atom stereocenters. The van der Waals surface area contributed by atoms with Gasteiger partial charge in [-0.2, -0.15) is 0 Å². The highest BCUT2D eigenvalue weighted by Crippen LogP contribution is 2.63. The van der Waals surface area contributed by atoms with Gasteiger partial charge in [-0.25, -0.2) is 14.8 Å². The molecule has 2 saturated heterocycles. The first-order valence-corrected chi connectivity index (χ1v) is 21.0. The van der Waals surface area contributed by atoms with Crippen LogP contribution in [0.5, 0.6) is 5.75 Å². The molecule has 3 fully saturated rings. The normalized spacial score (nSPS) is 23.3. The van der Waals surface area contributed by atoms with E-state index in [1.165, 1.54) is 14.2 Å². The van der Waals surface area contributed by atoms with Crippen LogP contribution in [0.2, 0.25) is 0 Å². The van der Waals surface area contributed by atoms with E-state index in [1.54, 1.807) is 0 Å². The summed E-state index contributed by atoms with van der Waals surface area (Å²) in [6.45, 7) is 10.9. The summed E-state index contributed by atoms with van der Waals surface area (Å²) in [4.78, 5) is 60.6. The minimum atomic E-state index is -1.24. The molecular formula is C45H54N8O7. The molecule has 2 aromatic heterocycles. The quantitative estimate of drug-likeness (QED) is 0.0948. The number of aliphatic hydroxyl groups is 1. The summed E-state index contributed by atoms with van der Waals surface area (Å²) in [6, 6.07) is 13.1. The highest BCUT2D eigenvalue weighted by atomic mass is 16.6. The average Bonchev–Trinajstić information content (AvgIpc) is 3.83. The van der Waals surface area contributed by atoms with Crippen LogP contribution in [0.1, 0.15) is 89.6 Å². The third-order valence-corrected chi connectivity index (χ3v) is 13.2. The number of imidazole rings is 2. The average molecular weight is 819 g/mol. The van der Waals surface area contributed by atoms with E-state index >= 15 is 0 Å². The lowest BCUT2D eigenvalue weighted by Gasteiger charge is -2.33. The largest absolute Gasteiger partial charge is 0.488 e. The third kappa shape index (κ3) is 6.85. The number of nitrogens with one attached hydrogen (secondary N) is 4. The van der Waals surface area contributed by atoms with Crippen molar-refractivity contribution in [2.45, 2.75) is 104 Å². The number of amides is 3. The van der Waals surface area contributed by atoms with Crippen LogP contribution in [0.25, 0.3) is 44.2 Å². The minimum Gasteiger partial charge on any atom is -0.488 e. The van der Waals surface area contributed by atoms with Crippen molar-refractivity contribution in [1.29, 1.82) is 0 Å². The predicted molar refractivity (Wildman–Crippen MR) is 224 cm³/mol. The number of nitrogens with zero attached hydrogens (tertiary/aromatic N) is 4. The van der Waals surface area contributed by atoms with E-state index in [1.807, 2.05) is 43.7 Å². The van der Waals surface area contributed by atoms with Crippen LogP contribution in [0.15, 0.2) is 48.7 Å². The van der Waals surface area contributed by atoms with Crippen molar-refractivity contribution in [1.82, 2.24) is 40.4 Å². The van der Waals surface area contributed by atoms with E-state index in [9.17, 15) is 19.5 Å². The first-order valence-electron chi connectivity index (χ1n) is 21.0. The number of rotatable bonds is 11. The molecule has 5 heterocycles. The van der Waals surface area contributed by atoms with Gasteiger partial charge in [0.15, 0.2) is 0 Å². The molecule has 7 atom stereocenters. The lowest BCUT2D eigenvalue weighted by molar-refractivity contribution is -0.146.